The third-order valence-corrected chi connectivity index (χ3v) is 5.23. The van der Waals surface area contributed by atoms with Gasteiger partial charge in [-0.05, 0) is 78.2 Å². The van der Waals surface area contributed by atoms with Crippen molar-refractivity contribution in [3.05, 3.63) is 0 Å². The molecule has 1 N–H and O–H groups in total. The molecule has 0 spiro atoms. The lowest BCUT2D eigenvalue weighted by Crippen LogP contribution is -2.45. The highest BCUT2D eigenvalue weighted by Gasteiger charge is 2.25. The molecule has 2 unspecified atom stereocenters. The highest BCUT2D eigenvalue weighted by atomic mass is 15.2. The lowest BCUT2D eigenvalue weighted by molar-refractivity contribution is 0.159. The minimum Gasteiger partial charge on any atom is -0.312 e. The Morgan fingerprint density at radius 3 is 2.47 bits per heavy atom. The topological polar surface area (TPSA) is 18.5 Å². The summed E-state index contributed by atoms with van der Waals surface area (Å²) < 4.78 is 0. The molecule has 3 heteroatoms. The van der Waals surface area contributed by atoms with Gasteiger partial charge in [-0.1, -0.05) is 6.92 Å². The number of likely N-dealkylation sites (tertiary alicyclic amines) is 2. The zero-order valence-corrected chi connectivity index (χ0v) is 13.2. The van der Waals surface area contributed by atoms with Crippen molar-refractivity contribution in [3.63, 3.8) is 0 Å². The van der Waals surface area contributed by atoms with E-state index in [4.69, 9.17) is 0 Å². The van der Waals surface area contributed by atoms with E-state index >= 15 is 0 Å². The fourth-order valence-corrected chi connectivity index (χ4v) is 3.72. The van der Waals surface area contributed by atoms with E-state index in [9.17, 15) is 0 Å². The van der Waals surface area contributed by atoms with Crippen LogP contribution in [0.3, 0.4) is 0 Å². The monoisotopic (exact) mass is 267 g/mol. The standard InChI is InChI=1S/C16H33N3/c1-4-9-19-11-7-15(8-12-19)14(2)17-13-16-6-5-10-18(16)3/h14-17H,4-13H2,1-3H3. The number of likely N-dealkylation sites (N-methyl/N-ethyl adjacent to an activating group) is 1. The first-order valence-electron chi connectivity index (χ1n) is 8.36. The van der Waals surface area contributed by atoms with Crippen molar-refractivity contribution in [3.8, 4) is 0 Å². The van der Waals surface area contributed by atoms with Gasteiger partial charge in [-0.25, -0.2) is 0 Å². The number of hydrogen-bond donors (Lipinski definition) is 1. The highest BCUT2D eigenvalue weighted by molar-refractivity contribution is 4.83. The van der Waals surface area contributed by atoms with Gasteiger partial charge in [-0.2, -0.15) is 0 Å². The maximum atomic E-state index is 3.81. The third kappa shape index (κ3) is 4.44. The van der Waals surface area contributed by atoms with Crippen LogP contribution >= 0.6 is 0 Å². The second-order valence-electron chi connectivity index (χ2n) is 6.65. The largest absolute Gasteiger partial charge is 0.312 e. The van der Waals surface area contributed by atoms with E-state index in [0.717, 1.165) is 12.0 Å². The van der Waals surface area contributed by atoms with E-state index in [1.54, 1.807) is 0 Å². The van der Waals surface area contributed by atoms with Gasteiger partial charge >= 0.3 is 0 Å². The van der Waals surface area contributed by atoms with Gasteiger partial charge in [-0.3, -0.25) is 0 Å². The molecule has 2 aliphatic heterocycles. The Morgan fingerprint density at radius 1 is 1.16 bits per heavy atom. The van der Waals surface area contributed by atoms with Gasteiger partial charge < -0.3 is 15.1 Å². The van der Waals surface area contributed by atoms with E-state index < -0.39 is 0 Å². The fourth-order valence-electron chi connectivity index (χ4n) is 3.72. The summed E-state index contributed by atoms with van der Waals surface area (Å²) in [5.41, 5.74) is 0. The van der Waals surface area contributed by atoms with Gasteiger partial charge in [0.2, 0.25) is 0 Å². The molecule has 0 aliphatic carbocycles. The summed E-state index contributed by atoms with van der Waals surface area (Å²) in [7, 11) is 2.27. The molecule has 0 aromatic heterocycles. The molecule has 0 aromatic rings. The summed E-state index contributed by atoms with van der Waals surface area (Å²) in [6.07, 6.45) is 6.83. The Labute approximate surface area is 119 Å². The summed E-state index contributed by atoms with van der Waals surface area (Å²) in [6, 6.07) is 1.47. The second-order valence-corrected chi connectivity index (χ2v) is 6.65. The summed E-state index contributed by atoms with van der Waals surface area (Å²) in [6.45, 7) is 11.1. The van der Waals surface area contributed by atoms with E-state index in [-0.39, 0.29) is 0 Å². The van der Waals surface area contributed by atoms with E-state index in [2.05, 4.69) is 36.0 Å². The van der Waals surface area contributed by atoms with Crippen LogP contribution in [0.15, 0.2) is 0 Å². The Kier molecular flexibility index (Phi) is 6.11. The Morgan fingerprint density at radius 2 is 1.89 bits per heavy atom. The summed E-state index contributed by atoms with van der Waals surface area (Å²) in [4.78, 5) is 5.15. The van der Waals surface area contributed by atoms with Gasteiger partial charge in [-0.15, -0.1) is 0 Å². The van der Waals surface area contributed by atoms with Crippen LogP contribution in [-0.2, 0) is 0 Å². The molecule has 2 saturated heterocycles. The Hall–Kier alpha value is -0.120. The first-order chi connectivity index (χ1) is 9.20. The zero-order valence-electron chi connectivity index (χ0n) is 13.2. The molecule has 0 amide bonds. The van der Waals surface area contributed by atoms with Crippen LogP contribution in [0.1, 0.15) is 46.0 Å². The van der Waals surface area contributed by atoms with Gasteiger partial charge in [0.15, 0.2) is 0 Å². The Balaban J connectivity index is 1.65. The van der Waals surface area contributed by atoms with Crippen molar-refractivity contribution in [2.75, 3.05) is 39.8 Å². The molecule has 19 heavy (non-hydrogen) atoms. The molecule has 3 nitrogen and oxygen atoms in total. The molecule has 2 fully saturated rings. The maximum absolute atomic E-state index is 3.81. The van der Waals surface area contributed by atoms with Crippen LogP contribution in [0.4, 0.5) is 0 Å². The predicted octanol–water partition coefficient (Wildman–Crippen LogP) is 2.18. The number of piperidine rings is 1. The lowest BCUT2D eigenvalue weighted by Gasteiger charge is -2.35. The molecule has 0 aromatic carbocycles. The fraction of sp³-hybridized carbons (Fsp3) is 1.00. The minimum atomic E-state index is 0.692. The molecule has 0 saturated carbocycles. The van der Waals surface area contributed by atoms with Crippen molar-refractivity contribution in [2.24, 2.45) is 5.92 Å². The summed E-state index contributed by atoms with van der Waals surface area (Å²) >= 11 is 0. The normalized spacial score (nSPS) is 28.9. The van der Waals surface area contributed by atoms with Crippen molar-refractivity contribution in [2.45, 2.75) is 58.0 Å². The zero-order chi connectivity index (χ0) is 13.7. The third-order valence-electron chi connectivity index (χ3n) is 5.23. The summed E-state index contributed by atoms with van der Waals surface area (Å²) in [5, 5.41) is 3.81. The number of hydrogen-bond acceptors (Lipinski definition) is 3. The van der Waals surface area contributed by atoms with E-state index in [1.807, 2.05) is 0 Å². The van der Waals surface area contributed by atoms with Crippen molar-refractivity contribution < 1.29 is 0 Å². The van der Waals surface area contributed by atoms with E-state index in [0.29, 0.717) is 6.04 Å². The summed E-state index contributed by atoms with van der Waals surface area (Å²) in [5.74, 6) is 0.889. The first-order valence-corrected chi connectivity index (χ1v) is 8.36. The average Bonchev–Trinajstić information content (AvgIpc) is 2.83. The van der Waals surface area contributed by atoms with Crippen LogP contribution in [0.25, 0.3) is 0 Å². The highest BCUT2D eigenvalue weighted by Crippen LogP contribution is 2.21. The minimum absolute atomic E-state index is 0.692. The molecule has 2 aliphatic rings. The van der Waals surface area contributed by atoms with Gasteiger partial charge in [0.1, 0.15) is 0 Å². The van der Waals surface area contributed by atoms with Gasteiger partial charge in [0.05, 0.1) is 0 Å². The SMILES string of the molecule is CCCN1CCC(C(C)NCC2CCCN2C)CC1. The Bertz CT molecular complexity index is 248. The van der Waals surface area contributed by atoms with Crippen LogP contribution in [0, 0.1) is 5.92 Å². The van der Waals surface area contributed by atoms with Crippen LogP contribution in [0.2, 0.25) is 0 Å². The first kappa shape index (κ1) is 15.3. The molecule has 2 heterocycles. The molecule has 2 rings (SSSR count). The molecule has 0 bridgehead atoms. The van der Waals surface area contributed by atoms with Gasteiger partial charge in [0, 0.05) is 18.6 Å². The number of rotatable bonds is 6. The maximum Gasteiger partial charge on any atom is 0.0218 e. The number of nitrogens with one attached hydrogen (secondary N) is 1. The molecular formula is C16H33N3. The van der Waals surface area contributed by atoms with Gasteiger partial charge in [0.25, 0.3) is 0 Å². The molecule has 0 radical (unpaired) electrons. The van der Waals surface area contributed by atoms with Crippen molar-refractivity contribution in [1.82, 2.24) is 15.1 Å². The number of nitrogens with zero attached hydrogens (tertiary/aromatic N) is 2. The van der Waals surface area contributed by atoms with Crippen LogP contribution < -0.4 is 5.32 Å². The predicted molar refractivity (Wildman–Crippen MR) is 82.6 cm³/mol. The lowest BCUT2D eigenvalue weighted by atomic mass is 9.90. The molecule has 2 atom stereocenters. The average molecular weight is 267 g/mol. The molecule has 112 valence electrons. The molecular weight excluding hydrogens is 234 g/mol. The van der Waals surface area contributed by atoms with E-state index in [1.165, 1.54) is 64.8 Å². The smallest absolute Gasteiger partial charge is 0.0218 e. The van der Waals surface area contributed by atoms with Crippen molar-refractivity contribution >= 4 is 0 Å². The van der Waals surface area contributed by atoms with Crippen LogP contribution in [-0.4, -0.2) is 61.7 Å². The second kappa shape index (κ2) is 7.61. The van der Waals surface area contributed by atoms with Crippen molar-refractivity contribution in [1.29, 1.82) is 0 Å². The quantitative estimate of drug-likeness (QED) is 0.796. The van der Waals surface area contributed by atoms with Crippen LogP contribution in [0.5, 0.6) is 0 Å².